The summed E-state index contributed by atoms with van der Waals surface area (Å²) in [6, 6.07) is 65.9. The van der Waals surface area contributed by atoms with E-state index in [1.54, 1.807) is 0 Å². The second-order valence-corrected chi connectivity index (χ2v) is 16.8. The van der Waals surface area contributed by atoms with Crippen LogP contribution in [0.15, 0.2) is 187 Å². The van der Waals surface area contributed by atoms with E-state index in [4.69, 9.17) is 4.99 Å². The van der Waals surface area contributed by atoms with E-state index in [-0.39, 0.29) is 12.3 Å². The Morgan fingerprint density at radius 2 is 1.11 bits per heavy atom. The fourth-order valence-electron chi connectivity index (χ4n) is 8.93. The number of amidine groups is 1. The lowest BCUT2D eigenvalue weighted by atomic mass is 9.98. The van der Waals surface area contributed by atoms with Gasteiger partial charge in [-0.15, -0.1) is 22.7 Å². The topological polar surface area (TPSA) is 41.4 Å². The predicted octanol–water partition coefficient (Wildman–Crippen LogP) is 13.5. The Kier molecular flexibility index (Phi) is 7.45. The first-order valence-electron chi connectivity index (χ1n) is 19.4. The van der Waals surface area contributed by atoms with Gasteiger partial charge in [0.15, 0.2) is 0 Å². The Morgan fingerprint density at radius 1 is 0.491 bits per heavy atom. The van der Waals surface area contributed by atoms with Gasteiger partial charge in [-0.05, 0) is 42.0 Å². The molecule has 1 aliphatic heterocycles. The van der Waals surface area contributed by atoms with Crippen LogP contribution in [-0.4, -0.2) is 10.4 Å². The quantitative estimate of drug-likeness (QED) is 0.183. The Morgan fingerprint density at radius 3 is 1.86 bits per heavy atom. The molecule has 1 aliphatic rings. The van der Waals surface area contributed by atoms with Gasteiger partial charge in [0.1, 0.15) is 18.2 Å². The first-order valence-corrected chi connectivity index (χ1v) is 21.0. The molecule has 6 heteroatoms. The summed E-state index contributed by atoms with van der Waals surface area (Å²) in [4.78, 5) is 5.34. The second-order valence-electron chi connectivity index (χ2n) is 14.7. The van der Waals surface area contributed by atoms with Gasteiger partial charge in [0, 0.05) is 79.1 Å². The third kappa shape index (κ3) is 5.19. The average molecular weight is 767 g/mol. The lowest BCUT2D eigenvalue weighted by Crippen LogP contribution is -2.44. The molecule has 4 heterocycles. The number of nitrogens with zero attached hydrogens (tertiary/aromatic N) is 2. The summed E-state index contributed by atoms with van der Waals surface area (Å²) in [5.74, 6) is 0.892. The molecule has 0 saturated heterocycles. The lowest BCUT2D eigenvalue weighted by molar-refractivity contribution is 0.410. The molecule has 11 aromatic rings. The van der Waals surface area contributed by atoms with E-state index in [0.717, 1.165) is 11.4 Å². The summed E-state index contributed by atoms with van der Waals surface area (Å²) in [5.41, 5.74) is 9.63. The van der Waals surface area contributed by atoms with Crippen molar-refractivity contribution in [3.8, 4) is 16.8 Å². The highest BCUT2D eigenvalue weighted by Crippen LogP contribution is 2.47. The molecular weight excluding hydrogens is 733 g/mol. The SMILES string of the molecule is c1ccc(C2=NC(c3cccc4sc5c(-c6cccc7c6sc6ccc(-n8c9ccccc9c9ccccc98)cc67)cccc5c34)NC(c3ccccc3)N2)cc1. The molecule has 57 heavy (non-hydrogen) atoms. The zero-order valence-electron chi connectivity index (χ0n) is 30.7. The van der Waals surface area contributed by atoms with Crippen LogP contribution >= 0.6 is 22.7 Å². The first kappa shape index (κ1) is 32.7. The first-order chi connectivity index (χ1) is 28.3. The van der Waals surface area contributed by atoms with E-state index < -0.39 is 0 Å². The molecule has 0 amide bonds. The Balaban J connectivity index is 1.01. The van der Waals surface area contributed by atoms with Crippen LogP contribution in [0.25, 0.3) is 79.0 Å². The van der Waals surface area contributed by atoms with Gasteiger partial charge in [0.05, 0.1) is 11.0 Å². The standard InChI is InChI=1S/C51H34N4S2/c1-3-14-31(15-4-1)49-52-50(32-16-5-2-6-17-32)54-51(53-49)40-24-13-27-45-46(40)39-23-12-21-37(48(39)57-45)36-20-11-22-38-41-30-33(28-29-44(41)56-47(36)38)55-42-25-9-7-18-34(42)35-19-8-10-26-43(35)55/h1-30,49,51,53H,(H,52,54). The van der Waals surface area contributed by atoms with Gasteiger partial charge in [-0.25, -0.2) is 4.99 Å². The lowest BCUT2D eigenvalue weighted by Gasteiger charge is -2.32. The minimum absolute atomic E-state index is 0.0966. The highest BCUT2D eigenvalue weighted by atomic mass is 32.1. The van der Waals surface area contributed by atoms with Crippen molar-refractivity contribution in [3.63, 3.8) is 0 Å². The molecule has 2 unspecified atom stereocenters. The van der Waals surface area contributed by atoms with Gasteiger partial charge < -0.3 is 9.88 Å². The van der Waals surface area contributed by atoms with Crippen molar-refractivity contribution < 1.29 is 0 Å². The van der Waals surface area contributed by atoms with Gasteiger partial charge in [-0.1, -0.05) is 146 Å². The van der Waals surface area contributed by atoms with Crippen LogP contribution in [0.5, 0.6) is 0 Å². The Bertz CT molecular complexity index is 3320. The monoisotopic (exact) mass is 766 g/mol. The summed E-state index contributed by atoms with van der Waals surface area (Å²) in [6.07, 6.45) is -0.341. The second kappa shape index (κ2) is 13.0. The van der Waals surface area contributed by atoms with Crippen LogP contribution in [-0.2, 0) is 0 Å². The molecule has 2 N–H and O–H groups in total. The molecule has 0 saturated carbocycles. The van der Waals surface area contributed by atoms with E-state index >= 15 is 0 Å². The Hall–Kier alpha value is -6.57. The number of hydrogen-bond donors (Lipinski definition) is 2. The maximum Gasteiger partial charge on any atom is 0.131 e. The Labute approximate surface area is 337 Å². The molecule has 2 atom stereocenters. The number of fused-ring (bicyclic) bond motifs is 9. The summed E-state index contributed by atoms with van der Waals surface area (Å²) in [6.45, 7) is 0. The van der Waals surface area contributed by atoms with Crippen LogP contribution < -0.4 is 10.6 Å². The minimum atomic E-state index is -0.244. The fourth-order valence-corrected chi connectivity index (χ4v) is 11.4. The average Bonchev–Trinajstić information content (AvgIpc) is 3.96. The number of para-hydroxylation sites is 2. The van der Waals surface area contributed by atoms with Crippen molar-refractivity contribution in [2.45, 2.75) is 12.3 Å². The van der Waals surface area contributed by atoms with Crippen molar-refractivity contribution in [3.05, 3.63) is 199 Å². The van der Waals surface area contributed by atoms with Crippen LogP contribution in [0, 0.1) is 0 Å². The van der Waals surface area contributed by atoms with Crippen LogP contribution in [0.2, 0.25) is 0 Å². The summed E-state index contributed by atoms with van der Waals surface area (Å²) in [7, 11) is 0. The third-order valence-electron chi connectivity index (χ3n) is 11.5. The van der Waals surface area contributed by atoms with Crippen LogP contribution in [0.1, 0.15) is 29.0 Å². The van der Waals surface area contributed by atoms with E-state index in [0.29, 0.717) is 0 Å². The van der Waals surface area contributed by atoms with E-state index in [2.05, 4.69) is 197 Å². The van der Waals surface area contributed by atoms with Crippen molar-refractivity contribution >= 4 is 90.7 Å². The summed E-state index contributed by atoms with van der Waals surface area (Å²) >= 11 is 3.78. The zero-order valence-corrected chi connectivity index (χ0v) is 32.3. The highest BCUT2D eigenvalue weighted by molar-refractivity contribution is 7.27. The van der Waals surface area contributed by atoms with E-state index in [1.807, 2.05) is 22.7 Å². The smallest absolute Gasteiger partial charge is 0.131 e. The predicted molar refractivity (Wildman–Crippen MR) is 243 cm³/mol. The number of hydrogen-bond acceptors (Lipinski definition) is 5. The number of nitrogens with one attached hydrogen (secondary N) is 2. The molecule has 0 bridgehead atoms. The van der Waals surface area contributed by atoms with Gasteiger partial charge >= 0.3 is 0 Å². The summed E-state index contributed by atoms with van der Waals surface area (Å²) in [5, 5.41) is 15.2. The van der Waals surface area contributed by atoms with Gasteiger partial charge in [0.25, 0.3) is 0 Å². The fraction of sp³-hybridized carbons (Fsp3) is 0.0392. The van der Waals surface area contributed by atoms with Crippen molar-refractivity contribution in [2.75, 3.05) is 0 Å². The maximum atomic E-state index is 5.34. The number of benzene rings is 8. The molecule has 4 nitrogen and oxygen atoms in total. The van der Waals surface area contributed by atoms with Gasteiger partial charge in [0.2, 0.25) is 0 Å². The van der Waals surface area contributed by atoms with Gasteiger partial charge in [-0.3, -0.25) is 5.32 Å². The third-order valence-corrected chi connectivity index (χ3v) is 13.9. The van der Waals surface area contributed by atoms with Crippen molar-refractivity contribution in [1.29, 1.82) is 0 Å². The van der Waals surface area contributed by atoms with Crippen molar-refractivity contribution in [2.24, 2.45) is 4.99 Å². The maximum absolute atomic E-state index is 5.34. The highest BCUT2D eigenvalue weighted by Gasteiger charge is 2.28. The van der Waals surface area contributed by atoms with Crippen LogP contribution in [0.3, 0.4) is 0 Å². The molecule has 3 aromatic heterocycles. The zero-order chi connectivity index (χ0) is 37.5. The van der Waals surface area contributed by atoms with Crippen LogP contribution in [0.4, 0.5) is 0 Å². The molecule has 0 aliphatic carbocycles. The number of aromatic nitrogens is 1. The minimum Gasteiger partial charge on any atom is -0.350 e. The number of rotatable bonds is 5. The van der Waals surface area contributed by atoms with Gasteiger partial charge in [-0.2, -0.15) is 0 Å². The molecule has 12 rings (SSSR count). The van der Waals surface area contributed by atoms with E-state index in [9.17, 15) is 0 Å². The molecular formula is C51H34N4S2. The largest absolute Gasteiger partial charge is 0.350 e. The summed E-state index contributed by atoms with van der Waals surface area (Å²) < 4.78 is 7.60. The molecule has 0 spiro atoms. The molecule has 0 fully saturated rings. The molecule has 8 aromatic carbocycles. The molecule has 0 radical (unpaired) electrons. The van der Waals surface area contributed by atoms with E-state index in [1.165, 1.54) is 90.1 Å². The van der Waals surface area contributed by atoms with Crippen molar-refractivity contribution in [1.82, 2.24) is 15.2 Å². The number of aliphatic imine (C=N–C) groups is 1. The molecule has 270 valence electrons. The number of thiophene rings is 2. The normalized spacial score (nSPS) is 15.9.